The van der Waals surface area contributed by atoms with Gasteiger partial charge in [-0.2, -0.15) is 0 Å². The van der Waals surface area contributed by atoms with Crippen molar-refractivity contribution in [2.45, 2.75) is 103 Å². The highest BCUT2D eigenvalue weighted by molar-refractivity contribution is 4.80. The van der Waals surface area contributed by atoms with Gasteiger partial charge in [0.15, 0.2) is 0 Å². The van der Waals surface area contributed by atoms with Gasteiger partial charge < -0.3 is 5.32 Å². The summed E-state index contributed by atoms with van der Waals surface area (Å²) in [5.41, 5.74) is 0. The largest absolute Gasteiger partial charge is 0.313 e. The molecule has 1 heterocycles. The number of nitrogens with zero attached hydrogens (tertiary/aromatic N) is 1. The Morgan fingerprint density at radius 3 is 2.24 bits per heavy atom. The molecule has 1 rings (SSSR count). The lowest BCUT2D eigenvalue weighted by atomic mass is 10.1. The van der Waals surface area contributed by atoms with E-state index in [4.69, 9.17) is 0 Å². The summed E-state index contributed by atoms with van der Waals surface area (Å²) in [4.78, 5) is 2.75. The first kappa shape index (κ1) is 19.0. The van der Waals surface area contributed by atoms with E-state index in [9.17, 15) is 0 Å². The molecule has 2 atom stereocenters. The quantitative estimate of drug-likeness (QED) is 0.541. The van der Waals surface area contributed by atoms with Gasteiger partial charge in [-0.3, -0.25) is 4.90 Å². The Kier molecular flexibility index (Phi) is 11.3. The Balaban J connectivity index is 2.10. The lowest BCUT2D eigenvalue weighted by Crippen LogP contribution is -2.40. The van der Waals surface area contributed by atoms with E-state index in [2.05, 4.69) is 31.0 Å². The van der Waals surface area contributed by atoms with Crippen molar-refractivity contribution in [2.75, 3.05) is 19.6 Å². The molecule has 0 aliphatic carbocycles. The molecule has 0 aromatic rings. The average Bonchev–Trinajstić information content (AvgIpc) is 2.64. The van der Waals surface area contributed by atoms with Crippen LogP contribution in [0.3, 0.4) is 0 Å². The zero-order valence-electron chi connectivity index (χ0n) is 15.0. The maximum absolute atomic E-state index is 3.73. The van der Waals surface area contributed by atoms with E-state index in [1.165, 1.54) is 90.3 Å². The minimum Gasteiger partial charge on any atom is -0.313 e. The molecule has 1 N–H and O–H groups in total. The van der Waals surface area contributed by atoms with Gasteiger partial charge in [-0.25, -0.2) is 0 Å². The van der Waals surface area contributed by atoms with Crippen LogP contribution in [-0.4, -0.2) is 36.6 Å². The molecule has 1 aliphatic heterocycles. The van der Waals surface area contributed by atoms with Crippen LogP contribution in [0.25, 0.3) is 0 Å². The van der Waals surface area contributed by atoms with Gasteiger partial charge in [0.25, 0.3) is 0 Å². The molecule has 1 saturated heterocycles. The highest BCUT2D eigenvalue weighted by Gasteiger charge is 2.21. The first-order valence-corrected chi connectivity index (χ1v) is 9.75. The number of rotatable bonds is 11. The van der Waals surface area contributed by atoms with Gasteiger partial charge in [0.1, 0.15) is 0 Å². The third-order valence-corrected chi connectivity index (χ3v) is 5.01. The van der Waals surface area contributed by atoms with Crippen molar-refractivity contribution in [3.8, 4) is 0 Å². The number of hydrogen-bond acceptors (Lipinski definition) is 2. The van der Waals surface area contributed by atoms with Gasteiger partial charge in [-0.15, -0.1) is 0 Å². The van der Waals surface area contributed by atoms with Crippen LogP contribution in [0.15, 0.2) is 0 Å². The Bertz CT molecular complexity index is 230. The molecule has 0 spiro atoms. The summed E-state index contributed by atoms with van der Waals surface area (Å²) in [5, 5.41) is 3.73. The zero-order chi connectivity index (χ0) is 15.3. The number of nitrogens with one attached hydrogen (secondary N) is 1. The molecular weight excluding hydrogens is 256 g/mol. The van der Waals surface area contributed by atoms with Crippen LogP contribution in [0.1, 0.15) is 91.4 Å². The van der Waals surface area contributed by atoms with Crippen LogP contribution in [0.5, 0.6) is 0 Å². The van der Waals surface area contributed by atoms with Crippen LogP contribution in [-0.2, 0) is 0 Å². The molecule has 2 unspecified atom stereocenters. The van der Waals surface area contributed by atoms with Crippen molar-refractivity contribution in [1.29, 1.82) is 0 Å². The van der Waals surface area contributed by atoms with E-state index in [1.54, 1.807) is 0 Å². The smallest absolute Gasteiger partial charge is 0.0195 e. The predicted molar refractivity (Wildman–Crippen MR) is 95.0 cm³/mol. The van der Waals surface area contributed by atoms with Crippen molar-refractivity contribution in [1.82, 2.24) is 10.2 Å². The molecule has 2 heteroatoms. The third-order valence-electron chi connectivity index (χ3n) is 5.01. The molecule has 1 fully saturated rings. The van der Waals surface area contributed by atoms with Crippen molar-refractivity contribution in [3.05, 3.63) is 0 Å². The van der Waals surface area contributed by atoms with Crippen LogP contribution in [0, 0.1) is 0 Å². The molecule has 0 aromatic carbocycles. The van der Waals surface area contributed by atoms with Crippen molar-refractivity contribution < 1.29 is 0 Å². The fourth-order valence-electron chi connectivity index (χ4n) is 3.51. The van der Waals surface area contributed by atoms with Crippen molar-refractivity contribution >= 4 is 0 Å². The summed E-state index contributed by atoms with van der Waals surface area (Å²) in [6, 6.07) is 1.50. The number of unbranched alkanes of at least 4 members (excludes halogenated alkanes) is 7. The topological polar surface area (TPSA) is 15.3 Å². The van der Waals surface area contributed by atoms with Gasteiger partial charge >= 0.3 is 0 Å². The Labute approximate surface area is 134 Å². The lowest BCUT2D eigenvalue weighted by molar-refractivity contribution is 0.197. The van der Waals surface area contributed by atoms with Crippen LogP contribution in [0.4, 0.5) is 0 Å². The maximum atomic E-state index is 3.73. The molecule has 1 aliphatic rings. The minimum atomic E-state index is 0.731. The van der Waals surface area contributed by atoms with Gasteiger partial charge in [0.05, 0.1) is 0 Å². The Morgan fingerprint density at radius 1 is 0.905 bits per heavy atom. The van der Waals surface area contributed by atoms with E-state index in [1.807, 2.05) is 0 Å². The van der Waals surface area contributed by atoms with E-state index in [0.29, 0.717) is 0 Å². The van der Waals surface area contributed by atoms with Gasteiger partial charge in [-0.1, -0.05) is 65.2 Å². The standard InChI is InChI=1S/C19H40N2/c1-4-6-7-8-9-10-11-12-16-21-17-19(13-5-2)20-15-14-18(21)3/h18-20H,4-17H2,1-3H3. The molecule has 0 saturated carbocycles. The first-order chi connectivity index (χ1) is 10.3. The van der Waals surface area contributed by atoms with Gasteiger partial charge in [0, 0.05) is 18.6 Å². The fraction of sp³-hybridized carbons (Fsp3) is 1.00. The molecule has 126 valence electrons. The molecule has 0 radical (unpaired) electrons. The van der Waals surface area contributed by atoms with Crippen LogP contribution < -0.4 is 5.32 Å². The van der Waals surface area contributed by atoms with E-state index >= 15 is 0 Å². The molecule has 0 aromatic heterocycles. The van der Waals surface area contributed by atoms with Crippen molar-refractivity contribution in [3.63, 3.8) is 0 Å². The minimum absolute atomic E-state index is 0.731. The highest BCUT2D eigenvalue weighted by atomic mass is 15.2. The Hall–Kier alpha value is -0.0800. The summed E-state index contributed by atoms with van der Waals surface area (Å²) in [6.07, 6.45) is 15.4. The molecule has 0 amide bonds. The third kappa shape index (κ3) is 8.83. The zero-order valence-corrected chi connectivity index (χ0v) is 15.0. The second-order valence-electron chi connectivity index (χ2n) is 7.05. The van der Waals surface area contributed by atoms with E-state index in [0.717, 1.165) is 12.1 Å². The number of hydrogen-bond donors (Lipinski definition) is 1. The predicted octanol–water partition coefficient (Wildman–Crippen LogP) is 4.98. The maximum Gasteiger partial charge on any atom is 0.0195 e. The SMILES string of the molecule is CCCCCCCCCCN1CC(CCC)NCCC1C. The van der Waals surface area contributed by atoms with Crippen LogP contribution in [0.2, 0.25) is 0 Å². The van der Waals surface area contributed by atoms with Crippen molar-refractivity contribution in [2.24, 2.45) is 0 Å². The normalized spacial score (nSPS) is 24.1. The van der Waals surface area contributed by atoms with Gasteiger partial charge in [0.2, 0.25) is 0 Å². The Morgan fingerprint density at radius 2 is 1.57 bits per heavy atom. The summed E-state index contributed by atoms with van der Waals surface area (Å²) < 4.78 is 0. The van der Waals surface area contributed by atoms with E-state index in [-0.39, 0.29) is 0 Å². The summed E-state index contributed by atoms with van der Waals surface area (Å²) in [7, 11) is 0. The highest BCUT2D eigenvalue weighted by Crippen LogP contribution is 2.14. The van der Waals surface area contributed by atoms with Gasteiger partial charge in [-0.05, 0) is 39.3 Å². The van der Waals surface area contributed by atoms with E-state index < -0.39 is 0 Å². The fourth-order valence-corrected chi connectivity index (χ4v) is 3.51. The first-order valence-electron chi connectivity index (χ1n) is 9.75. The molecular formula is C19H40N2. The molecule has 2 nitrogen and oxygen atoms in total. The average molecular weight is 297 g/mol. The summed E-state index contributed by atoms with van der Waals surface area (Å²) in [6.45, 7) is 10.8. The summed E-state index contributed by atoms with van der Waals surface area (Å²) >= 11 is 0. The molecule has 21 heavy (non-hydrogen) atoms. The second-order valence-corrected chi connectivity index (χ2v) is 7.05. The molecule has 0 bridgehead atoms. The monoisotopic (exact) mass is 296 g/mol. The summed E-state index contributed by atoms with van der Waals surface area (Å²) in [5.74, 6) is 0. The van der Waals surface area contributed by atoms with Crippen LogP contribution >= 0.6 is 0 Å². The second kappa shape index (κ2) is 12.5. The lowest BCUT2D eigenvalue weighted by Gasteiger charge is -2.29.